The van der Waals surface area contributed by atoms with Crippen LogP contribution in [0.15, 0.2) is 0 Å². The minimum atomic E-state index is -0.0631. The van der Waals surface area contributed by atoms with Gasteiger partial charge in [0, 0.05) is 0 Å². The van der Waals surface area contributed by atoms with Crippen LogP contribution in [0.25, 0.3) is 0 Å². The maximum atomic E-state index is 5.17. The van der Waals surface area contributed by atoms with Crippen molar-refractivity contribution in [1.82, 2.24) is 10.6 Å². The van der Waals surface area contributed by atoms with Gasteiger partial charge in [-0.2, -0.15) is 0 Å². The zero-order valence-electron chi connectivity index (χ0n) is 6.73. The van der Waals surface area contributed by atoms with Crippen molar-refractivity contribution >= 4 is 34.5 Å². The van der Waals surface area contributed by atoms with Gasteiger partial charge in [0.2, 0.25) is 0 Å². The van der Waals surface area contributed by atoms with Crippen molar-refractivity contribution in [3.63, 3.8) is 0 Å². The summed E-state index contributed by atoms with van der Waals surface area (Å²) in [7, 11) is 0. The van der Waals surface area contributed by atoms with Crippen molar-refractivity contribution in [2.45, 2.75) is 32.2 Å². The molecule has 0 amide bonds. The fraction of sp³-hybridized carbons (Fsp3) is 0.714. The second-order valence-corrected chi connectivity index (χ2v) is 3.51. The molecular formula is C7H12N2S2. The molecule has 0 aromatic carbocycles. The van der Waals surface area contributed by atoms with Gasteiger partial charge in [0.25, 0.3) is 0 Å². The molecule has 4 heteroatoms. The van der Waals surface area contributed by atoms with Crippen LogP contribution in [0.1, 0.15) is 26.7 Å². The summed E-state index contributed by atoms with van der Waals surface area (Å²) in [4.78, 5) is 0.840. The molecule has 0 radical (unpaired) electrons. The highest BCUT2D eigenvalue weighted by Gasteiger charge is 2.37. The fourth-order valence-electron chi connectivity index (χ4n) is 1.28. The fourth-order valence-corrected chi connectivity index (χ4v) is 2.08. The summed E-state index contributed by atoms with van der Waals surface area (Å²) in [6, 6.07) is 0. The van der Waals surface area contributed by atoms with E-state index in [0.29, 0.717) is 5.11 Å². The normalized spacial score (nSPS) is 21.3. The molecule has 62 valence electrons. The Kier molecular flexibility index (Phi) is 2.44. The molecule has 0 aliphatic carbocycles. The van der Waals surface area contributed by atoms with Crippen molar-refractivity contribution in [2.24, 2.45) is 0 Å². The van der Waals surface area contributed by atoms with Crippen molar-refractivity contribution in [3.8, 4) is 0 Å². The van der Waals surface area contributed by atoms with E-state index in [1.165, 1.54) is 0 Å². The molecule has 0 atom stereocenters. The summed E-state index contributed by atoms with van der Waals surface area (Å²) in [5.74, 6) is 0. The largest absolute Gasteiger partial charge is 0.351 e. The Balaban J connectivity index is 2.84. The van der Waals surface area contributed by atoms with E-state index in [-0.39, 0.29) is 5.54 Å². The minimum absolute atomic E-state index is 0.0631. The molecule has 1 saturated heterocycles. The van der Waals surface area contributed by atoms with Crippen LogP contribution >= 0.6 is 24.4 Å². The number of rotatable bonds is 2. The van der Waals surface area contributed by atoms with Crippen molar-refractivity contribution in [1.29, 1.82) is 0 Å². The van der Waals surface area contributed by atoms with Crippen LogP contribution in [0.5, 0.6) is 0 Å². The van der Waals surface area contributed by atoms with Gasteiger partial charge < -0.3 is 10.6 Å². The first-order chi connectivity index (χ1) is 5.14. The lowest BCUT2D eigenvalue weighted by Gasteiger charge is -2.24. The van der Waals surface area contributed by atoms with Crippen LogP contribution in [0.4, 0.5) is 0 Å². The smallest absolute Gasteiger partial charge is 0.172 e. The molecule has 0 aromatic rings. The molecule has 0 spiro atoms. The third kappa shape index (κ3) is 1.37. The van der Waals surface area contributed by atoms with Gasteiger partial charge in [-0.1, -0.05) is 26.1 Å². The Labute approximate surface area is 77.7 Å². The van der Waals surface area contributed by atoms with Crippen LogP contribution in [0, 0.1) is 0 Å². The lowest BCUT2D eigenvalue weighted by Crippen LogP contribution is -2.44. The Hall–Kier alpha value is -0.220. The first-order valence-electron chi connectivity index (χ1n) is 3.78. The molecule has 2 nitrogen and oxygen atoms in total. The summed E-state index contributed by atoms with van der Waals surface area (Å²) in [6.45, 7) is 4.22. The van der Waals surface area contributed by atoms with Crippen LogP contribution < -0.4 is 10.6 Å². The van der Waals surface area contributed by atoms with Crippen LogP contribution in [0.2, 0.25) is 0 Å². The molecule has 2 N–H and O–H groups in total. The third-order valence-electron chi connectivity index (χ3n) is 2.22. The molecule has 0 saturated carbocycles. The third-order valence-corrected chi connectivity index (χ3v) is 2.92. The van der Waals surface area contributed by atoms with Gasteiger partial charge in [-0.15, -0.1) is 0 Å². The zero-order valence-corrected chi connectivity index (χ0v) is 8.36. The van der Waals surface area contributed by atoms with Gasteiger partial charge >= 0.3 is 0 Å². The molecule has 0 unspecified atom stereocenters. The first kappa shape index (κ1) is 8.87. The second-order valence-electron chi connectivity index (χ2n) is 2.70. The maximum Gasteiger partial charge on any atom is 0.172 e. The van der Waals surface area contributed by atoms with E-state index in [0.717, 1.165) is 17.8 Å². The lowest BCUT2D eigenvalue weighted by atomic mass is 9.94. The van der Waals surface area contributed by atoms with Crippen molar-refractivity contribution < 1.29 is 0 Å². The van der Waals surface area contributed by atoms with E-state index in [9.17, 15) is 0 Å². The number of hydrogen-bond acceptors (Lipinski definition) is 2. The van der Waals surface area contributed by atoms with E-state index < -0.39 is 0 Å². The zero-order chi connectivity index (χ0) is 8.48. The lowest BCUT2D eigenvalue weighted by molar-refractivity contribution is 0.494. The van der Waals surface area contributed by atoms with Crippen LogP contribution in [0.3, 0.4) is 0 Å². The molecule has 11 heavy (non-hydrogen) atoms. The topological polar surface area (TPSA) is 24.1 Å². The molecule has 0 bridgehead atoms. The predicted molar refractivity (Wildman–Crippen MR) is 54.8 cm³/mol. The van der Waals surface area contributed by atoms with E-state index in [1.54, 1.807) is 0 Å². The molecular weight excluding hydrogens is 176 g/mol. The van der Waals surface area contributed by atoms with E-state index >= 15 is 0 Å². The van der Waals surface area contributed by atoms with Gasteiger partial charge in [0.15, 0.2) is 5.11 Å². The number of thiocarbonyl (C=S) groups is 2. The molecule has 1 heterocycles. The highest BCUT2D eigenvalue weighted by atomic mass is 32.1. The van der Waals surface area contributed by atoms with Crippen LogP contribution in [-0.2, 0) is 0 Å². The molecule has 0 aromatic heterocycles. The summed E-state index contributed by atoms with van der Waals surface area (Å²) in [5.41, 5.74) is -0.0631. The van der Waals surface area contributed by atoms with Gasteiger partial charge in [0.1, 0.15) is 4.99 Å². The van der Waals surface area contributed by atoms with E-state index in [4.69, 9.17) is 24.4 Å². The Morgan fingerprint density at radius 1 is 1.27 bits per heavy atom. The maximum absolute atomic E-state index is 5.17. The van der Waals surface area contributed by atoms with Crippen molar-refractivity contribution in [2.75, 3.05) is 0 Å². The average Bonchev–Trinajstić information content (AvgIpc) is 2.27. The first-order valence-corrected chi connectivity index (χ1v) is 4.60. The Morgan fingerprint density at radius 2 is 1.82 bits per heavy atom. The molecule has 1 aliphatic rings. The van der Waals surface area contributed by atoms with Gasteiger partial charge in [0.05, 0.1) is 5.54 Å². The van der Waals surface area contributed by atoms with E-state index in [2.05, 4.69) is 24.5 Å². The van der Waals surface area contributed by atoms with Crippen LogP contribution in [-0.4, -0.2) is 15.6 Å². The SMILES string of the molecule is CCC1(CC)NC(=S)NC1=S. The molecule has 1 fully saturated rings. The summed E-state index contributed by atoms with van der Waals surface area (Å²) >= 11 is 10.1. The van der Waals surface area contributed by atoms with Gasteiger partial charge in [-0.05, 0) is 25.1 Å². The summed E-state index contributed by atoms with van der Waals surface area (Å²) < 4.78 is 0. The van der Waals surface area contributed by atoms with Gasteiger partial charge in [-0.25, -0.2) is 0 Å². The quantitative estimate of drug-likeness (QED) is 0.639. The van der Waals surface area contributed by atoms with Gasteiger partial charge in [-0.3, -0.25) is 0 Å². The molecule has 1 aliphatic heterocycles. The monoisotopic (exact) mass is 188 g/mol. The summed E-state index contributed by atoms with van der Waals surface area (Å²) in [6.07, 6.45) is 1.96. The molecule has 1 rings (SSSR count). The van der Waals surface area contributed by atoms with Crippen molar-refractivity contribution in [3.05, 3.63) is 0 Å². The number of nitrogens with one attached hydrogen (secondary N) is 2. The predicted octanol–water partition coefficient (Wildman–Crippen LogP) is 1.35. The van der Waals surface area contributed by atoms with E-state index in [1.807, 2.05) is 0 Å². The second kappa shape index (κ2) is 3.03. The Morgan fingerprint density at radius 3 is 2.00 bits per heavy atom. The number of hydrogen-bond donors (Lipinski definition) is 2. The minimum Gasteiger partial charge on any atom is -0.351 e. The Bertz CT molecular complexity index is 197. The highest BCUT2D eigenvalue weighted by molar-refractivity contribution is 7.82. The standard InChI is InChI=1S/C7H12N2S2/c1-3-7(4-2)5(10)8-6(11)9-7/h3-4H2,1-2H3,(H2,8,9,10,11). The highest BCUT2D eigenvalue weighted by Crippen LogP contribution is 2.19. The average molecular weight is 188 g/mol. The summed E-state index contributed by atoms with van der Waals surface area (Å²) in [5, 5.41) is 6.82.